The van der Waals surface area contributed by atoms with Crippen molar-refractivity contribution in [2.75, 3.05) is 7.11 Å². The van der Waals surface area contributed by atoms with Gasteiger partial charge in [-0.25, -0.2) is 4.79 Å². The van der Waals surface area contributed by atoms with E-state index in [4.69, 9.17) is 9.84 Å². The number of amides is 1. The number of carboxylic acids is 1. The van der Waals surface area contributed by atoms with E-state index in [1.54, 1.807) is 12.1 Å². The first-order valence-corrected chi connectivity index (χ1v) is 7.68. The molecule has 2 aromatic rings. The molecule has 1 amide bonds. The van der Waals surface area contributed by atoms with Gasteiger partial charge in [0.25, 0.3) is 5.91 Å². The Bertz CT molecular complexity index is 809. The van der Waals surface area contributed by atoms with Crippen LogP contribution in [0.2, 0.25) is 0 Å². The van der Waals surface area contributed by atoms with Gasteiger partial charge in [-0.2, -0.15) is 0 Å². The van der Waals surface area contributed by atoms with Crippen molar-refractivity contribution in [2.45, 2.75) is 12.4 Å². The summed E-state index contributed by atoms with van der Waals surface area (Å²) in [5, 5.41) is 40.6. The van der Waals surface area contributed by atoms with Crippen LogP contribution in [0.15, 0.2) is 42.5 Å². The van der Waals surface area contributed by atoms with Crippen LogP contribution >= 0.6 is 0 Å². The van der Waals surface area contributed by atoms with Gasteiger partial charge in [0, 0.05) is 5.56 Å². The van der Waals surface area contributed by atoms with Gasteiger partial charge in [-0.1, -0.05) is 18.2 Å². The molecule has 0 bridgehead atoms. The molecule has 0 unspecified atom stereocenters. The Labute approximate surface area is 149 Å². The summed E-state index contributed by atoms with van der Waals surface area (Å²) in [5.74, 6) is -3.07. The van der Waals surface area contributed by atoms with E-state index in [1.165, 1.54) is 37.4 Å². The van der Waals surface area contributed by atoms with E-state index in [0.29, 0.717) is 5.75 Å². The highest BCUT2D eigenvalue weighted by Crippen LogP contribution is 2.24. The van der Waals surface area contributed by atoms with Crippen LogP contribution in [-0.2, 0) is 6.42 Å². The van der Waals surface area contributed by atoms with E-state index in [-0.39, 0.29) is 23.1 Å². The molecule has 136 valence electrons. The van der Waals surface area contributed by atoms with Crippen molar-refractivity contribution in [3.8, 4) is 11.5 Å². The Morgan fingerprint density at radius 1 is 1.19 bits per heavy atom. The van der Waals surface area contributed by atoms with E-state index in [0.717, 1.165) is 0 Å². The molecule has 0 aromatic heterocycles. The van der Waals surface area contributed by atoms with Gasteiger partial charge in [0.15, 0.2) is 0 Å². The number of nitrogens with one attached hydrogen (secondary N) is 1. The maximum Gasteiger partial charge on any atom is 0.475 e. The Morgan fingerprint density at radius 3 is 2.50 bits per heavy atom. The SMILES string of the molecule is COc1cccc(C(=O)N[C@@H](Cc2cccc(C(=O)O)c2O)B(O)O)c1. The molecule has 0 aliphatic heterocycles. The highest BCUT2D eigenvalue weighted by Gasteiger charge is 2.28. The topological polar surface area (TPSA) is 136 Å². The summed E-state index contributed by atoms with van der Waals surface area (Å²) in [6, 6.07) is 10.4. The fraction of sp³-hybridized carbons (Fsp3) is 0.176. The van der Waals surface area contributed by atoms with Gasteiger partial charge < -0.3 is 30.3 Å². The third-order valence-corrected chi connectivity index (χ3v) is 3.80. The van der Waals surface area contributed by atoms with Gasteiger partial charge in [-0.05, 0) is 36.2 Å². The number of carboxylic acid groups (broad SMARTS) is 1. The molecule has 2 rings (SSSR count). The van der Waals surface area contributed by atoms with Gasteiger partial charge in [0.05, 0.1) is 13.1 Å². The molecule has 26 heavy (non-hydrogen) atoms. The van der Waals surface area contributed by atoms with Crippen LogP contribution in [0.4, 0.5) is 0 Å². The molecule has 8 nitrogen and oxygen atoms in total. The molecule has 0 aliphatic rings. The minimum atomic E-state index is -1.92. The summed E-state index contributed by atoms with van der Waals surface area (Å²) in [4.78, 5) is 23.4. The fourth-order valence-corrected chi connectivity index (χ4v) is 2.41. The number of hydrogen-bond donors (Lipinski definition) is 5. The first kappa shape index (κ1) is 19.3. The lowest BCUT2D eigenvalue weighted by Crippen LogP contribution is -2.47. The zero-order chi connectivity index (χ0) is 19.3. The zero-order valence-corrected chi connectivity index (χ0v) is 13.9. The number of para-hydroxylation sites is 1. The molecule has 2 aromatic carbocycles. The van der Waals surface area contributed by atoms with E-state index >= 15 is 0 Å². The lowest BCUT2D eigenvalue weighted by molar-refractivity contribution is 0.0693. The summed E-state index contributed by atoms with van der Waals surface area (Å²) in [6.45, 7) is 0. The number of methoxy groups -OCH3 is 1. The number of carbonyl (C=O) groups is 2. The number of rotatable bonds is 7. The summed E-state index contributed by atoms with van der Waals surface area (Å²) in [6.07, 6.45) is -0.180. The molecular formula is C17H18BNO7. The van der Waals surface area contributed by atoms with Gasteiger partial charge in [-0.3, -0.25) is 4.79 Å². The van der Waals surface area contributed by atoms with Crippen molar-refractivity contribution in [1.29, 1.82) is 0 Å². The van der Waals surface area contributed by atoms with Crippen LogP contribution in [0.25, 0.3) is 0 Å². The summed E-state index contributed by atoms with van der Waals surface area (Å²) in [5.41, 5.74) is 0.0975. The van der Waals surface area contributed by atoms with Crippen LogP contribution in [-0.4, -0.2) is 52.3 Å². The summed E-state index contributed by atoms with van der Waals surface area (Å²) in [7, 11) is -0.465. The molecule has 0 saturated carbocycles. The molecule has 5 N–H and O–H groups in total. The number of aromatic hydroxyl groups is 1. The maximum atomic E-state index is 12.3. The normalized spacial score (nSPS) is 11.5. The average Bonchev–Trinajstić information content (AvgIpc) is 2.62. The lowest BCUT2D eigenvalue weighted by Gasteiger charge is -2.19. The second-order valence-electron chi connectivity index (χ2n) is 5.55. The number of aromatic carboxylic acids is 1. The molecule has 0 saturated heterocycles. The number of carbonyl (C=O) groups excluding carboxylic acids is 1. The van der Waals surface area contributed by atoms with Crippen LogP contribution in [0.1, 0.15) is 26.3 Å². The Morgan fingerprint density at radius 2 is 1.88 bits per heavy atom. The van der Waals surface area contributed by atoms with Crippen molar-refractivity contribution in [3.63, 3.8) is 0 Å². The van der Waals surface area contributed by atoms with Gasteiger partial charge in [0.2, 0.25) is 0 Å². The molecule has 1 atom stereocenters. The Kier molecular flexibility index (Phi) is 6.21. The standard InChI is InChI=1S/C17H18BNO7/c1-26-12-6-2-5-11(8-12)16(21)19-14(18(24)25)9-10-4-3-7-13(15(10)20)17(22)23/h2-8,14,20,24-25H,9H2,1H3,(H,19,21)(H,22,23)/t14-/m0/s1. The molecule has 0 aliphatic carbocycles. The zero-order valence-electron chi connectivity index (χ0n) is 13.9. The predicted octanol–water partition coefficient (Wildman–Crippen LogP) is 0.452. The van der Waals surface area contributed by atoms with Crippen molar-refractivity contribution in [1.82, 2.24) is 5.32 Å². The number of hydrogen-bond acceptors (Lipinski definition) is 6. The number of benzene rings is 2. The minimum absolute atomic E-state index is 0.161. The van der Waals surface area contributed by atoms with Crippen LogP contribution in [0.3, 0.4) is 0 Å². The largest absolute Gasteiger partial charge is 0.507 e. The number of ether oxygens (including phenoxy) is 1. The summed E-state index contributed by atoms with van der Waals surface area (Å²) < 4.78 is 5.04. The summed E-state index contributed by atoms with van der Waals surface area (Å²) >= 11 is 0. The van der Waals surface area contributed by atoms with E-state index in [2.05, 4.69) is 5.32 Å². The average molecular weight is 359 g/mol. The van der Waals surface area contributed by atoms with Gasteiger partial charge in [-0.15, -0.1) is 0 Å². The van der Waals surface area contributed by atoms with Gasteiger partial charge in [0.1, 0.15) is 17.1 Å². The van der Waals surface area contributed by atoms with Crippen molar-refractivity contribution >= 4 is 19.0 Å². The van der Waals surface area contributed by atoms with Crippen LogP contribution in [0, 0.1) is 0 Å². The maximum absolute atomic E-state index is 12.3. The van der Waals surface area contributed by atoms with E-state index in [9.17, 15) is 24.7 Å². The second kappa shape index (κ2) is 8.37. The predicted molar refractivity (Wildman–Crippen MR) is 93.2 cm³/mol. The Balaban J connectivity index is 2.21. The quantitative estimate of drug-likeness (QED) is 0.453. The molecule has 0 heterocycles. The second-order valence-corrected chi connectivity index (χ2v) is 5.55. The van der Waals surface area contributed by atoms with Crippen molar-refractivity contribution < 1.29 is 34.6 Å². The van der Waals surface area contributed by atoms with Crippen LogP contribution in [0.5, 0.6) is 11.5 Å². The lowest BCUT2D eigenvalue weighted by atomic mass is 9.75. The molecular weight excluding hydrogens is 341 g/mol. The van der Waals surface area contributed by atoms with Crippen molar-refractivity contribution in [2.24, 2.45) is 0 Å². The minimum Gasteiger partial charge on any atom is -0.507 e. The first-order valence-electron chi connectivity index (χ1n) is 7.68. The highest BCUT2D eigenvalue weighted by atomic mass is 16.5. The molecule has 0 radical (unpaired) electrons. The molecule has 9 heteroatoms. The number of phenols is 1. The van der Waals surface area contributed by atoms with Crippen LogP contribution < -0.4 is 10.1 Å². The van der Waals surface area contributed by atoms with E-state index in [1.807, 2.05) is 0 Å². The molecule has 0 fully saturated rings. The van der Waals surface area contributed by atoms with E-state index < -0.39 is 30.7 Å². The van der Waals surface area contributed by atoms with Crippen molar-refractivity contribution in [3.05, 3.63) is 59.2 Å². The Hall–Kier alpha value is -3.04. The third-order valence-electron chi connectivity index (χ3n) is 3.80. The fourth-order valence-electron chi connectivity index (χ4n) is 2.41. The smallest absolute Gasteiger partial charge is 0.475 e. The molecule has 0 spiro atoms. The van der Waals surface area contributed by atoms with Gasteiger partial charge >= 0.3 is 13.1 Å². The highest BCUT2D eigenvalue weighted by molar-refractivity contribution is 6.43. The monoisotopic (exact) mass is 359 g/mol. The first-order chi connectivity index (χ1) is 12.3. The third kappa shape index (κ3) is 4.53.